The first-order valence-electron chi connectivity index (χ1n) is 9.57. The molecule has 0 bridgehead atoms. The molecular weight excluding hydrogens is 449 g/mol. The zero-order chi connectivity index (χ0) is 22.1. The van der Waals surface area contributed by atoms with Crippen LogP contribution in [0.25, 0.3) is 0 Å². The Morgan fingerprint density at radius 1 is 0.933 bits per heavy atom. The highest BCUT2D eigenvalue weighted by Gasteiger charge is 2.38. The minimum Gasteiger partial charge on any atom is -0.363 e. The standard InChI is InChI=1S/C17H22ClF3N4O4S/c18-14-12-15(16(25(26)27)11-13(14)17(19,20)21)22-7-9-24(10-8-22)30(28,29)23-5-3-1-2-4-6-23/h11-12H,1-10H2. The summed E-state index contributed by atoms with van der Waals surface area (Å²) >= 11 is 5.75. The summed E-state index contributed by atoms with van der Waals surface area (Å²) in [5, 5.41) is 10.7. The summed E-state index contributed by atoms with van der Waals surface area (Å²) < 4.78 is 67.8. The van der Waals surface area contributed by atoms with Gasteiger partial charge in [0.15, 0.2) is 0 Å². The molecule has 3 rings (SSSR count). The number of nitro benzene ring substituents is 1. The first-order valence-corrected chi connectivity index (χ1v) is 11.3. The molecule has 2 saturated heterocycles. The zero-order valence-corrected chi connectivity index (χ0v) is 17.6. The van der Waals surface area contributed by atoms with Crippen molar-refractivity contribution in [3.63, 3.8) is 0 Å². The minimum atomic E-state index is -4.82. The van der Waals surface area contributed by atoms with Gasteiger partial charge in [0.2, 0.25) is 0 Å². The van der Waals surface area contributed by atoms with Gasteiger partial charge in [0, 0.05) is 45.3 Å². The summed E-state index contributed by atoms with van der Waals surface area (Å²) in [5.74, 6) is 0. The van der Waals surface area contributed by atoms with Crippen LogP contribution in [0, 0.1) is 10.1 Å². The number of piperazine rings is 1. The molecule has 0 spiro atoms. The van der Waals surface area contributed by atoms with Crippen molar-refractivity contribution in [1.29, 1.82) is 0 Å². The molecule has 0 radical (unpaired) electrons. The third-order valence-corrected chi connectivity index (χ3v) is 7.71. The lowest BCUT2D eigenvalue weighted by molar-refractivity contribution is -0.384. The van der Waals surface area contributed by atoms with Crippen molar-refractivity contribution in [2.45, 2.75) is 31.9 Å². The largest absolute Gasteiger partial charge is 0.418 e. The Kier molecular flexibility index (Phi) is 6.80. The van der Waals surface area contributed by atoms with Crippen LogP contribution in [0.4, 0.5) is 24.5 Å². The molecule has 0 amide bonds. The fourth-order valence-electron chi connectivity index (χ4n) is 3.76. The van der Waals surface area contributed by atoms with Gasteiger partial charge in [-0.2, -0.15) is 30.2 Å². The van der Waals surface area contributed by atoms with E-state index in [1.54, 1.807) is 0 Å². The summed E-state index contributed by atoms with van der Waals surface area (Å²) in [7, 11) is -3.64. The normalized spacial score (nSPS) is 20.2. The fraction of sp³-hybridized carbons (Fsp3) is 0.647. The van der Waals surface area contributed by atoms with Gasteiger partial charge in [-0.3, -0.25) is 10.1 Å². The lowest BCUT2D eigenvalue weighted by Gasteiger charge is -2.37. The van der Waals surface area contributed by atoms with Gasteiger partial charge in [-0.05, 0) is 18.9 Å². The Labute approximate surface area is 177 Å². The number of nitrogens with zero attached hydrogens (tertiary/aromatic N) is 4. The van der Waals surface area contributed by atoms with E-state index in [-0.39, 0.29) is 31.9 Å². The van der Waals surface area contributed by atoms with E-state index in [4.69, 9.17) is 11.6 Å². The van der Waals surface area contributed by atoms with Gasteiger partial charge in [-0.25, -0.2) is 0 Å². The van der Waals surface area contributed by atoms with Crippen LogP contribution in [0.2, 0.25) is 5.02 Å². The van der Waals surface area contributed by atoms with Gasteiger partial charge in [0.05, 0.1) is 15.5 Å². The van der Waals surface area contributed by atoms with Gasteiger partial charge in [0.25, 0.3) is 15.9 Å². The van der Waals surface area contributed by atoms with Crippen LogP contribution in [0.15, 0.2) is 12.1 Å². The van der Waals surface area contributed by atoms with E-state index in [1.807, 2.05) is 0 Å². The van der Waals surface area contributed by atoms with Crippen LogP contribution in [0.3, 0.4) is 0 Å². The first kappa shape index (κ1) is 23.0. The van der Waals surface area contributed by atoms with E-state index in [0.29, 0.717) is 19.2 Å². The van der Waals surface area contributed by atoms with Crippen LogP contribution in [-0.4, -0.2) is 61.2 Å². The molecule has 2 fully saturated rings. The SMILES string of the molecule is O=[N+]([O-])c1cc(C(F)(F)F)c(Cl)cc1N1CCN(S(=O)(=O)N2CCCCCC2)CC1. The molecule has 0 saturated carbocycles. The third kappa shape index (κ3) is 4.82. The molecule has 0 aromatic heterocycles. The maximum atomic E-state index is 13.1. The molecule has 1 aromatic carbocycles. The molecule has 0 aliphatic carbocycles. The number of halogens is 4. The summed E-state index contributed by atoms with van der Waals surface area (Å²) in [4.78, 5) is 12.0. The lowest BCUT2D eigenvalue weighted by atomic mass is 10.1. The van der Waals surface area contributed by atoms with E-state index in [0.717, 1.165) is 31.7 Å². The highest BCUT2D eigenvalue weighted by Crippen LogP contribution is 2.41. The van der Waals surface area contributed by atoms with Gasteiger partial charge < -0.3 is 4.90 Å². The number of alkyl halides is 3. The molecule has 1 aromatic rings. The Hall–Kier alpha value is -1.63. The minimum absolute atomic E-state index is 0.0511. The maximum Gasteiger partial charge on any atom is 0.418 e. The molecule has 13 heteroatoms. The number of anilines is 1. The molecule has 2 aliphatic heterocycles. The van der Waals surface area contributed by atoms with Gasteiger partial charge in [-0.15, -0.1) is 0 Å². The summed E-state index contributed by atoms with van der Waals surface area (Å²) in [6.45, 7) is 1.29. The number of rotatable bonds is 4. The van der Waals surface area contributed by atoms with Gasteiger partial charge >= 0.3 is 6.18 Å². The van der Waals surface area contributed by atoms with Crippen molar-refractivity contribution in [2.24, 2.45) is 0 Å². The van der Waals surface area contributed by atoms with Crippen LogP contribution in [0.1, 0.15) is 31.2 Å². The van der Waals surface area contributed by atoms with E-state index in [9.17, 15) is 31.7 Å². The zero-order valence-electron chi connectivity index (χ0n) is 16.1. The number of nitro groups is 1. The fourth-order valence-corrected chi connectivity index (χ4v) is 5.70. The second-order valence-electron chi connectivity index (χ2n) is 7.28. The Bertz CT molecular complexity index is 897. The van der Waals surface area contributed by atoms with Crippen LogP contribution < -0.4 is 4.90 Å². The van der Waals surface area contributed by atoms with E-state index < -0.39 is 37.6 Å². The predicted molar refractivity (Wildman–Crippen MR) is 106 cm³/mol. The average Bonchev–Trinajstić information content (AvgIpc) is 2.96. The van der Waals surface area contributed by atoms with Crippen molar-refractivity contribution in [3.05, 3.63) is 32.8 Å². The van der Waals surface area contributed by atoms with Crippen molar-refractivity contribution >= 4 is 33.2 Å². The summed E-state index contributed by atoms with van der Waals surface area (Å²) in [6.07, 6.45) is -1.25. The number of hydrogen-bond acceptors (Lipinski definition) is 5. The molecule has 0 unspecified atom stereocenters. The monoisotopic (exact) mass is 470 g/mol. The third-order valence-electron chi connectivity index (χ3n) is 5.36. The number of benzene rings is 1. The molecular formula is C17H22ClF3N4O4S. The van der Waals surface area contributed by atoms with E-state index in [2.05, 4.69) is 0 Å². The Balaban J connectivity index is 1.79. The van der Waals surface area contributed by atoms with Crippen molar-refractivity contribution in [3.8, 4) is 0 Å². The number of hydrogen-bond donors (Lipinski definition) is 0. The summed E-state index contributed by atoms with van der Waals surface area (Å²) in [5.41, 5.74) is -2.04. The van der Waals surface area contributed by atoms with Crippen molar-refractivity contribution in [1.82, 2.24) is 8.61 Å². The van der Waals surface area contributed by atoms with Crippen molar-refractivity contribution < 1.29 is 26.5 Å². The lowest BCUT2D eigenvalue weighted by Crippen LogP contribution is -2.53. The highest BCUT2D eigenvalue weighted by atomic mass is 35.5. The van der Waals surface area contributed by atoms with Crippen LogP contribution in [-0.2, 0) is 16.4 Å². The maximum absolute atomic E-state index is 13.1. The molecule has 0 atom stereocenters. The van der Waals surface area contributed by atoms with Crippen LogP contribution in [0.5, 0.6) is 0 Å². The van der Waals surface area contributed by atoms with Crippen LogP contribution >= 0.6 is 11.6 Å². The molecule has 2 aliphatic rings. The molecule has 8 nitrogen and oxygen atoms in total. The molecule has 0 N–H and O–H groups in total. The summed E-state index contributed by atoms with van der Waals surface area (Å²) in [6, 6.07) is 1.36. The average molecular weight is 471 g/mol. The first-order chi connectivity index (χ1) is 14.0. The topological polar surface area (TPSA) is 87.0 Å². The highest BCUT2D eigenvalue weighted by molar-refractivity contribution is 7.86. The predicted octanol–water partition coefficient (Wildman–Crippen LogP) is 3.51. The molecule has 168 valence electrons. The Morgan fingerprint density at radius 2 is 1.47 bits per heavy atom. The Morgan fingerprint density at radius 3 is 1.97 bits per heavy atom. The molecule has 30 heavy (non-hydrogen) atoms. The van der Waals surface area contributed by atoms with Gasteiger partial charge in [0.1, 0.15) is 5.69 Å². The van der Waals surface area contributed by atoms with Gasteiger partial charge in [-0.1, -0.05) is 24.4 Å². The van der Waals surface area contributed by atoms with E-state index >= 15 is 0 Å². The van der Waals surface area contributed by atoms with E-state index in [1.165, 1.54) is 13.5 Å². The molecule has 2 heterocycles. The smallest absolute Gasteiger partial charge is 0.363 e. The second-order valence-corrected chi connectivity index (χ2v) is 9.62. The quantitative estimate of drug-likeness (QED) is 0.496. The second kappa shape index (κ2) is 8.85. The van der Waals surface area contributed by atoms with Crippen molar-refractivity contribution in [2.75, 3.05) is 44.2 Å².